The van der Waals surface area contributed by atoms with E-state index in [2.05, 4.69) is 22.6 Å². The van der Waals surface area contributed by atoms with E-state index in [1.165, 1.54) is 0 Å². The van der Waals surface area contributed by atoms with Crippen molar-refractivity contribution >= 4 is 35.0 Å². The first kappa shape index (κ1) is 13.1. The van der Waals surface area contributed by atoms with E-state index in [-0.39, 0.29) is 25.1 Å². The molecule has 0 fully saturated rings. The summed E-state index contributed by atoms with van der Waals surface area (Å²) in [5.41, 5.74) is 6.80. The average Bonchev–Trinajstić information content (AvgIpc) is 2.05. The molecule has 0 bridgehead atoms. The van der Waals surface area contributed by atoms with E-state index >= 15 is 0 Å². The van der Waals surface area contributed by atoms with Crippen LogP contribution in [-0.4, -0.2) is 6.67 Å². The lowest BCUT2D eigenvalue weighted by Gasteiger charge is -2.11. The van der Waals surface area contributed by atoms with Crippen LogP contribution in [0.25, 0.3) is 0 Å². The van der Waals surface area contributed by atoms with Crippen molar-refractivity contribution in [1.29, 1.82) is 0 Å². The van der Waals surface area contributed by atoms with Crippen LogP contribution in [0.1, 0.15) is 18.0 Å². The summed E-state index contributed by atoms with van der Waals surface area (Å²) in [6.45, 7) is -0.355. The summed E-state index contributed by atoms with van der Waals surface area (Å²) in [5, 5.41) is 0. The van der Waals surface area contributed by atoms with Gasteiger partial charge in [-0.3, -0.25) is 4.39 Å². The SMILES string of the molecule is Cl.N[C@@H](CCF)c1ccccc1I. The highest BCUT2D eigenvalue weighted by molar-refractivity contribution is 14.1. The van der Waals surface area contributed by atoms with Crippen molar-refractivity contribution in [3.63, 3.8) is 0 Å². The normalized spacial score (nSPS) is 11.9. The van der Waals surface area contributed by atoms with E-state index in [9.17, 15) is 4.39 Å². The zero-order valence-electron chi connectivity index (χ0n) is 7.04. The molecular formula is C9H12ClFIN. The van der Waals surface area contributed by atoms with Gasteiger partial charge in [-0.05, 0) is 40.6 Å². The first-order valence-electron chi connectivity index (χ1n) is 3.81. The maximum Gasteiger partial charge on any atom is 0.0912 e. The summed E-state index contributed by atoms with van der Waals surface area (Å²) in [6, 6.07) is 7.64. The van der Waals surface area contributed by atoms with Gasteiger partial charge < -0.3 is 5.73 Å². The fourth-order valence-corrected chi connectivity index (χ4v) is 1.84. The smallest absolute Gasteiger partial charge is 0.0912 e. The van der Waals surface area contributed by atoms with Crippen LogP contribution >= 0.6 is 35.0 Å². The second-order valence-corrected chi connectivity index (χ2v) is 3.77. The fourth-order valence-electron chi connectivity index (χ4n) is 1.05. The Kier molecular flexibility index (Phi) is 6.63. The zero-order chi connectivity index (χ0) is 8.97. The molecular weight excluding hydrogens is 303 g/mol. The molecule has 1 atom stereocenters. The molecule has 0 unspecified atom stereocenters. The van der Waals surface area contributed by atoms with Crippen LogP contribution in [0.2, 0.25) is 0 Å². The quantitative estimate of drug-likeness (QED) is 0.852. The third kappa shape index (κ3) is 3.79. The van der Waals surface area contributed by atoms with E-state index in [1.54, 1.807) is 0 Å². The minimum atomic E-state index is -0.355. The Morgan fingerprint density at radius 1 is 1.38 bits per heavy atom. The van der Waals surface area contributed by atoms with Gasteiger partial charge in [-0.2, -0.15) is 0 Å². The van der Waals surface area contributed by atoms with Crippen LogP contribution < -0.4 is 5.73 Å². The molecule has 0 aliphatic heterocycles. The first-order valence-corrected chi connectivity index (χ1v) is 4.89. The van der Waals surface area contributed by atoms with E-state index < -0.39 is 0 Å². The predicted molar refractivity (Wildman–Crippen MR) is 63.9 cm³/mol. The van der Waals surface area contributed by atoms with Crippen LogP contribution in [0, 0.1) is 3.57 Å². The van der Waals surface area contributed by atoms with Crippen molar-refractivity contribution < 1.29 is 4.39 Å². The number of rotatable bonds is 3. The topological polar surface area (TPSA) is 26.0 Å². The van der Waals surface area contributed by atoms with Gasteiger partial charge in [-0.15, -0.1) is 12.4 Å². The third-order valence-corrected chi connectivity index (χ3v) is 2.71. The Bertz CT molecular complexity index is 257. The van der Waals surface area contributed by atoms with Crippen molar-refractivity contribution in [3.05, 3.63) is 33.4 Å². The van der Waals surface area contributed by atoms with Gasteiger partial charge in [0.1, 0.15) is 0 Å². The van der Waals surface area contributed by atoms with Crippen LogP contribution in [0.5, 0.6) is 0 Å². The number of hydrogen-bond donors (Lipinski definition) is 1. The highest BCUT2D eigenvalue weighted by atomic mass is 127. The summed E-state index contributed by atoms with van der Waals surface area (Å²) in [5.74, 6) is 0. The van der Waals surface area contributed by atoms with Gasteiger partial charge in [0, 0.05) is 9.61 Å². The maximum absolute atomic E-state index is 12.0. The number of alkyl halides is 1. The van der Waals surface area contributed by atoms with Crippen molar-refractivity contribution in [2.75, 3.05) is 6.67 Å². The minimum absolute atomic E-state index is 0. The summed E-state index contributed by atoms with van der Waals surface area (Å²) < 4.78 is 13.1. The van der Waals surface area contributed by atoms with Crippen LogP contribution in [0.15, 0.2) is 24.3 Å². The van der Waals surface area contributed by atoms with Gasteiger partial charge in [-0.25, -0.2) is 0 Å². The molecule has 0 amide bonds. The van der Waals surface area contributed by atoms with E-state index in [4.69, 9.17) is 5.73 Å². The highest BCUT2D eigenvalue weighted by Gasteiger charge is 2.07. The van der Waals surface area contributed by atoms with Crippen molar-refractivity contribution in [2.45, 2.75) is 12.5 Å². The predicted octanol–water partition coefficient (Wildman–Crippen LogP) is 3.07. The first-order chi connectivity index (χ1) is 5.75. The minimum Gasteiger partial charge on any atom is -0.324 e. The Morgan fingerprint density at radius 2 is 2.00 bits per heavy atom. The lowest BCUT2D eigenvalue weighted by molar-refractivity contribution is 0.441. The number of halogens is 3. The molecule has 1 nitrogen and oxygen atoms in total. The van der Waals surface area contributed by atoms with Gasteiger partial charge in [-0.1, -0.05) is 18.2 Å². The Hall–Kier alpha value is 0.130. The van der Waals surface area contributed by atoms with Gasteiger partial charge >= 0.3 is 0 Å². The molecule has 1 aromatic carbocycles. The number of benzene rings is 1. The van der Waals surface area contributed by atoms with Gasteiger partial charge in [0.05, 0.1) is 6.67 Å². The largest absolute Gasteiger partial charge is 0.324 e. The van der Waals surface area contributed by atoms with E-state index in [0.29, 0.717) is 6.42 Å². The van der Waals surface area contributed by atoms with Gasteiger partial charge in [0.15, 0.2) is 0 Å². The van der Waals surface area contributed by atoms with Crippen LogP contribution in [0.4, 0.5) is 4.39 Å². The average molecular weight is 316 g/mol. The van der Waals surface area contributed by atoms with Crippen molar-refractivity contribution in [3.8, 4) is 0 Å². The lowest BCUT2D eigenvalue weighted by atomic mass is 10.1. The fraction of sp³-hybridized carbons (Fsp3) is 0.333. The monoisotopic (exact) mass is 315 g/mol. The molecule has 2 N–H and O–H groups in total. The Labute approximate surface area is 97.4 Å². The molecule has 0 aromatic heterocycles. The summed E-state index contributed by atoms with van der Waals surface area (Å²) in [4.78, 5) is 0. The van der Waals surface area contributed by atoms with E-state index in [1.807, 2.05) is 24.3 Å². The number of nitrogens with two attached hydrogens (primary N) is 1. The standard InChI is InChI=1S/C9H11FIN.ClH/c10-6-5-9(12)7-3-1-2-4-8(7)11;/h1-4,9H,5-6,12H2;1H/t9-;/m0./s1. The maximum atomic E-state index is 12.0. The molecule has 0 saturated carbocycles. The molecule has 13 heavy (non-hydrogen) atoms. The summed E-state index contributed by atoms with van der Waals surface area (Å²) in [6.07, 6.45) is 0.403. The lowest BCUT2D eigenvalue weighted by Crippen LogP contribution is -2.12. The molecule has 0 aliphatic carbocycles. The molecule has 0 radical (unpaired) electrons. The molecule has 1 rings (SSSR count). The molecule has 1 aromatic rings. The molecule has 4 heteroatoms. The van der Waals surface area contributed by atoms with Gasteiger partial charge in [0.2, 0.25) is 0 Å². The third-order valence-electron chi connectivity index (χ3n) is 1.72. The second kappa shape index (κ2) is 6.56. The Balaban J connectivity index is 0.00000144. The van der Waals surface area contributed by atoms with Crippen molar-refractivity contribution in [2.24, 2.45) is 5.73 Å². The van der Waals surface area contributed by atoms with Crippen LogP contribution in [0.3, 0.4) is 0 Å². The van der Waals surface area contributed by atoms with Crippen molar-refractivity contribution in [1.82, 2.24) is 0 Å². The molecule has 0 heterocycles. The summed E-state index contributed by atoms with van der Waals surface area (Å²) in [7, 11) is 0. The molecule has 0 aliphatic rings. The highest BCUT2D eigenvalue weighted by Crippen LogP contribution is 2.20. The van der Waals surface area contributed by atoms with E-state index in [0.717, 1.165) is 9.13 Å². The summed E-state index contributed by atoms with van der Waals surface area (Å²) >= 11 is 2.21. The zero-order valence-corrected chi connectivity index (χ0v) is 10.0. The molecule has 0 spiro atoms. The Morgan fingerprint density at radius 3 is 2.54 bits per heavy atom. The molecule has 74 valence electrons. The molecule has 0 saturated heterocycles. The van der Waals surface area contributed by atoms with Gasteiger partial charge in [0.25, 0.3) is 0 Å². The van der Waals surface area contributed by atoms with Crippen LogP contribution in [-0.2, 0) is 0 Å². The number of hydrogen-bond acceptors (Lipinski definition) is 1. The second-order valence-electron chi connectivity index (χ2n) is 2.61.